The molecule has 1 fully saturated rings. The first-order valence-corrected chi connectivity index (χ1v) is 13.7. The highest BCUT2D eigenvalue weighted by molar-refractivity contribution is 5.99. The molecule has 1 aromatic carbocycles. The smallest absolute Gasteiger partial charge is 0.253 e. The van der Waals surface area contributed by atoms with Gasteiger partial charge in [-0.2, -0.15) is 5.10 Å². The second-order valence-electron chi connectivity index (χ2n) is 11.1. The molecule has 0 radical (unpaired) electrons. The number of aromatic nitrogens is 1. The Labute approximate surface area is 228 Å². The van der Waals surface area contributed by atoms with E-state index in [0.29, 0.717) is 17.2 Å². The minimum atomic E-state index is -0.201. The number of carbonyl (C=O) groups is 1. The summed E-state index contributed by atoms with van der Waals surface area (Å²) < 4.78 is 0. The molecule has 0 bridgehead atoms. The Morgan fingerprint density at radius 1 is 1.08 bits per heavy atom. The van der Waals surface area contributed by atoms with E-state index in [4.69, 9.17) is 0 Å². The van der Waals surface area contributed by atoms with Crippen molar-refractivity contribution in [2.75, 3.05) is 44.1 Å². The Bertz CT molecular complexity index is 1210. The van der Waals surface area contributed by atoms with Crippen molar-refractivity contribution in [2.24, 2.45) is 11.0 Å². The summed E-state index contributed by atoms with van der Waals surface area (Å²) in [6, 6.07) is 4.25. The second-order valence-corrected chi connectivity index (χ2v) is 11.1. The summed E-state index contributed by atoms with van der Waals surface area (Å²) in [4.78, 5) is 33.7. The van der Waals surface area contributed by atoms with Gasteiger partial charge in [-0.3, -0.25) is 14.6 Å². The Morgan fingerprint density at radius 2 is 1.74 bits per heavy atom. The van der Waals surface area contributed by atoms with Crippen LogP contribution in [0.15, 0.2) is 22.0 Å². The second kappa shape index (κ2) is 12.6. The van der Waals surface area contributed by atoms with Crippen LogP contribution in [0.4, 0.5) is 11.4 Å². The molecule has 3 rings (SSSR count). The largest absolute Gasteiger partial charge is 0.368 e. The van der Waals surface area contributed by atoms with Gasteiger partial charge >= 0.3 is 0 Å². The SMILES string of the molecule is C=NN(C)c1cc(C(=O)NCc2c(C)cc(C)[nH]c2=O)c(C)c(N(CC)C2CCC(CN(C)C)CC2)c1C. The third-order valence-corrected chi connectivity index (χ3v) is 8.01. The van der Waals surface area contributed by atoms with Crippen molar-refractivity contribution in [3.05, 3.63) is 56.0 Å². The van der Waals surface area contributed by atoms with Crippen molar-refractivity contribution in [3.63, 3.8) is 0 Å². The number of carbonyl (C=O) groups excluding carboxylic acids is 1. The van der Waals surface area contributed by atoms with Gasteiger partial charge in [0.2, 0.25) is 0 Å². The van der Waals surface area contributed by atoms with E-state index in [9.17, 15) is 9.59 Å². The molecule has 0 spiro atoms. The Morgan fingerprint density at radius 3 is 2.29 bits per heavy atom. The van der Waals surface area contributed by atoms with Crippen molar-refractivity contribution < 1.29 is 4.79 Å². The lowest BCUT2D eigenvalue weighted by atomic mass is 9.84. The van der Waals surface area contributed by atoms with Crippen LogP contribution in [0.5, 0.6) is 0 Å². The fourth-order valence-electron chi connectivity index (χ4n) is 6.08. The fourth-order valence-corrected chi connectivity index (χ4v) is 6.08. The summed E-state index contributed by atoms with van der Waals surface area (Å²) in [5.74, 6) is 0.534. The molecule has 1 heterocycles. The molecule has 2 N–H and O–H groups in total. The van der Waals surface area contributed by atoms with Crippen LogP contribution in [0.25, 0.3) is 0 Å². The van der Waals surface area contributed by atoms with E-state index in [2.05, 4.69) is 59.9 Å². The number of rotatable bonds is 10. The molecule has 0 atom stereocenters. The maximum absolute atomic E-state index is 13.6. The highest BCUT2D eigenvalue weighted by atomic mass is 16.1. The number of pyridine rings is 1. The maximum Gasteiger partial charge on any atom is 0.253 e. The normalized spacial score (nSPS) is 17.4. The molecular weight excluding hydrogens is 476 g/mol. The fraction of sp³-hybridized carbons (Fsp3) is 0.567. The predicted octanol–water partition coefficient (Wildman–Crippen LogP) is 4.54. The van der Waals surface area contributed by atoms with E-state index in [1.165, 1.54) is 12.8 Å². The van der Waals surface area contributed by atoms with Crippen LogP contribution < -0.4 is 20.8 Å². The molecule has 1 amide bonds. The quantitative estimate of drug-likeness (QED) is 0.354. The number of aromatic amines is 1. The third-order valence-electron chi connectivity index (χ3n) is 8.01. The maximum atomic E-state index is 13.6. The van der Waals surface area contributed by atoms with E-state index >= 15 is 0 Å². The van der Waals surface area contributed by atoms with Crippen molar-refractivity contribution in [2.45, 2.75) is 72.9 Å². The topological polar surface area (TPSA) is 84.0 Å². The van der Waals surface area contributed by atoms with E-state index in [1.54, 1.807) is 5.01 Å². The van der Waals surface area contributed by atoms with Crippen molar-refractivity contribution in [1.82, 2.24) is 15.2 Å². The summed E-state index contributed by atoms with van der Waals surface area (Å²) in [5, 5.41) is 8.86. The molecule has 0 unspecified atom stereocenters. The highest BCUT2D eigenvalue weighted by Gasteiger charge is 2.29. The number of aryl methyl sites for hydroxylation is 2. The standard InChI is InChI=1S/C30H46N6O2/c1-10-36(24-13-11-23(12-14-24)18-34(7)8)28-21(4)25(16-27(22(28)5)35(9)31-6)29(37)32-17-26-19(2)15-20(3)33-30(26)38/h15-16,23-24H,6,10-14,17-18H2,1-5,7-9H3,(H,32,37)(H,33,38). The summed E-state index contributed by atoms with van der Waals surface area (Å²) >= 11 is 0. The van der Waals surface area contributed by atoms with Crippen LogP contribution in [0, 0.1) is 33.6 Å². The number of nitrogens with zero attached hydrogens (tertiary/aromatic N) is 4. The zero-order valence-electron chi connectivity index (χ0n) is 24.6. The Kier molecular flexibility index (Phi) is 9.77. The first-order valence-electron chi connectivity index (χ1n) is 13.7. The average molecular weight is 523 g/mol. The van der Waals surface area contributed by atoms with Gasteiger partial charge in [-0.05, 0) is 109 Å². The summed E-state index contributed by atoms with van der Waals surface area (Å²) in [6.07, 6.45) is 4.70. The van der Waals surface area contributed by atoms with Crippen LogP contribution in [0.1, 0.15) is 70.9 Å². The summed E-state index contributed by atoms with van der Waals surface area (Å²) in [6.45, 7) is 16.0. The zero-order valence-corrected chi connectivity index (χ0v) is 24.6. The van der Waals surface area contributed by atoms with Crippen LogP contribution in [-0.4, -0.2) is 62.8 Å². The van der Waals surface area contributed by atoms with Crippen LogP contribution in [-0.2, 0) is 6.54 Å². The van der Waals surface area contributed by atoms with Gasteiger partial charge in [0.1, 0.15) is 0 Å². The molecular formula is C30H46N6O2. The number of H-pyrrole nitrogens is 1. The van der Waals surface area contributed by atoms with Gasteiger partial charge < -0.3 is 20.1 Å². The van der Waals surface area contributed by atoms with E-state index < -0.39 is 0 Å². The van der Waals surface area contributed by atoms with Crippen LogP contribution >= 0.6 is 0 Å². The van der Waals surface area contributed by atoms with Gasteiger partial charge in [-0.1, -0.05) is 0 Å². The lowest BCUT2D eigenvalue weighted by Crippen LogP contribution is -2.40. The predicted molar refractivity (Wildman–Crippen MR) is 159 cm³/mol. The van der Waals surface area contributed by atoms with Gasteiger partial charge in [0, 0.05) is 61.9 Å². The Balaban J connectivity index is 1.96. The van der Waals surface area contributed by atoms with Crippen LogP contribution in [0.2, 0.25) is 0 Å². The van der Waals surface area contributed by atoms with Gasteiger partial charge in [0.15, 0.2) is 0 Å². The van der Waals surface area contributed by atoms with Gasteiger partial charge in [-0.25, -0.2) is 0 Å². The lowest BCUT2D eigenvalue weighted by Gasteiger charge is -2.40. The van der Waals surface area contributed by atoms with Crippen molar-refractivity contribution in [3.8, 4) is 0 Å². The van der Waals surface area contributed by atoms with E-state index in [-0.39, 0.29) is 18.0 Å². The molecule has 38 heavy (non-hydrogen) atoms. The van der Waals surface area contributed by atoms with Crippen LogP contribution in [0.3, 0.4) is 0 Å². The molecule has 8 nitrogen and oxygen atoms in total. The van der Waals surface area contributed by atoms with Gasteiger partial charge in [0.05, 0.1) is 5.69 Å². The monoisotopic (exact) mass is 522 g/mol. The Hall–Kier alpha value is -3.13. The number of hydrogen-bond donors (Lipinski definition) is 2. The number of hydrazone groups is 1. The molecule has 1 aliphatic rings. The molecule has 1 aliphatic carbocycles. The number of amides is 1. The van der Waals surface area contributed by atoms with Crippen molar-refractivity contribution in [1.29, 1.82) is 0 Å². The molecule has 1 saturated carbocycles. The lowest BCUT2D eigenvalue weighted by molar-refractivity contribution is 0.0950. The summed E-state index contributed by atoms with van der Waals surface area (Å²) in [5.41, 5.74) is 6.68. The number of hydrogen-bond acceptors (Lipinski definition) is 6. The number of nitrogens with one attached hydrogen (secondary N) is 2. The first kappa shape index (κ1) is 29.4. The minimum Gasteiger partial charge on any atom is -0.368 e. The highest BCUT2D eigenvalue weighted by Crippen LogP contribution is 2.39. The number of benzene rings is 1. The van der Waals surface area contributed by atoms with Gasteiger partial charge in [0.25, 0.3) is 11.5 Å². The average Bonchev–Trinajstić information content (AvgIpc) is 2.85. The third kappa shape index (κ3) is 6.46. The molecule has 8 heteroatoms. The molecule has 1 aromatic heterocycles. The number of anilines is 2. The van der Waals surface area contributed by atoms with E-state index in [1.807, 2.05) is 40.0 Å². The summed E-state index contributed by atoms with van der Waals surface area (Å²) in [7, 11) is 6.15. The minimum absolute atomic E-state index is 0.164. The molecule has 0 saturated heterocycles. The molecule has 0 aliphatic heterocycles. The molecule has 208 valence electrons. The zero-order chi connectivity index (χ0) is 28.1. The van der Waals surface area contributed by atoms with Crippen molar-refractivity contribution >= 4 is 24.0 Å². The van der Waals surface area contributed by atoms with E-state index in [0.717, 1.165) is 65.6 Å². The molecule has 2 aromatic rings. The first-order chi connectivity index (χ1) is 18.0. The van der Waals surface area contributed by atoms with Gasteiger partial charge in [-0.15, -0.1) is 0 Å².